The lowest BCUT2D eigenvalue weighted by molar-refractivity contribution is -0.193. The number of pyridine rings is 1. The molecule has 2 atom stereocenters. The van der Waals surface area contributed by atoms with Gasteiger partial charge in [-0.1, -0.05) is 6.07 Å². The molecule has 0 radical (unpaired) electrons. The number of hydrogen-bond donors (Lipinski definition) is 2. The largest absolute Gasteiger partial charge is 0.490 e. The van der Waals surface area contributed by atoms with Gasteiger partial charge < -0.3 is 15.1 Å². The van der Waals surface area contributed by atoms with Crippen molar-refractivity contribution in [2.75, 3.05) is 20.6 Å². The number of carboxylic acid groups (broad SMARTS) is 2. The standard InChI is InChI=1S/C18H27N5.2C2HF3O2/c1-14-6-5-7-16(20-14)13-23-9-8-17(21(2)3)18(23)10-15-11-19-22(4)12-15;2*3-2(4,5)1(6)7/h5-7,11-12,17-18H,8-10,13H2,1-4H3;2*(H,6,7)/t17-,18+;;/m1../s1. The predicted octanol–water partition coefficient (Wildman–Crippen LogP) is 3.14. The zero-order chi connectivity index (χ0) is 28.6. The zero-order valence-electron chi connectivity index (χ0n) is 20.6. The molecule has 1 aliphatic rings. The fourth-order valence-corrected chi connectivity index (χ4v) is 3.68. The molecule has 15 heteroatoms. The van der Waals surface area contributed by atoms with Crippen molar-refractivity contribution in [1.29, 1.82) is 0 Å². The molecule has 37 heavy (non-hydrogen) atoms. The summed E-state index contributed by atoms with van der Waals surface area (Å²) in [4.78, 5) is 27.4. The maximum Gasteiger partial charge on any atom is 0.490 e. The smallest absolute Gasteiger partial charge is 0.475 e. The average Bonchev–Trinajstić information content (AvgIpc) is 3.34. The number of carbonyl (C=O) groups is 2. The Morgan fingerprint density at radius 2 is 1.62 bits per heavy atom. The Kier molecular flexibility index (Phi) is 11.5. The quantitative estimate of drug-likeness (QED) is 0.556. The topological polar surface area (TPSA) is 112 Å². The minimum Gasteiger partial charge on any atom is -0.475 e. The second kappa shape index (κ2) is 13.4. The van der Waals surface area contributed by atoms with Crippen LogP contribution in [0.2, 0.25) is 0 Å². The Bertz CT molecular complexity index is 1000. The van der Waals surface area contributed by atoms with Crippen LogP contribution < -0.4 is 0 Å². The van der Waals surface area contributed by atoms with Crippen molar-refractivity contribution in [2.24, 2.45) is 7.05 Å². The van der Waals surface area contributed by atoms with Crippen molar-refractivity contribution in [2.45, 2.75) is 50.7 Å². The second-order valence-corrected chi connectivity index (χ2v) is 8.46. The van der Waals surface area contributed by atoms with Gasteiger partial charge in [0.15, 0.2) is 0 Å². The van der Waals surface area contributed by atoms with Gasteiger partial charge in [0.1, 0.15) is 0 Å². The monoisotopic (exact) mass is 541 g/mol. The van der Waals surface area contributed by atoms with Crippen LogP contribution in [0.25, 0.3) is 0 Å². The molecule has 2 N–H and O–H groups in total. The number of rotatable bonds is 5. The van der Waals surface area contributed by atoms with Crippen molar-refractivity contribution in [3.8, 4) is 0 Å². The van der Waals surface area contributed by atoms with Crippen molar-refractivity contribution < 1.29 is 46.1 Å². The van der Waals surface area contributed by atoms with Crippen LogP contribution in [-0.4, -0.2) is 91.8 Å². The lowest BCUT2D eigenvalue weighted by Gasteiger charge is -2.31. The van der Waals surface area contributed by atoms with E-state index in [1.165, 1.54) is 17.7 Å². The first kappa shape index (κ1) is 31.8. The summed E-state index contributed by atoms with van der Waals surface area (Å²) >= 11 is 0. The Hall–Kier alpha value is -3.20. The maximum atomic E-state index is 10.6. The minimum atomic E-state index is -5.08. The molecule has 0 aromatic carbocycles. The van der Waals surface area contributed by atoms with E-state index in [1.54, 1.807) is 0 Å². The first-order valence-electron chi connectivity index (χ1n) is 10.8. The summed E-state index contributed by atoms with van der Waals surface area (Å²) in [6.45, 7) is 4.11. The highest BCUT2D eigenvalue weighted by Crippen LogP contribution is 2.26. The van der Waals surface area contributed by atoms with Crippen LogP contribution in [0.1, 0.15) is 23.4 Å². The minimum absolute atomic E-state index is 0.511. The molecule has 0 unspecified atom stereocenters. The van der Waals surface area contributed by atoms with E-state index in [4.69, 9.17) is 19.8 Å². The molecule has 1 fully saturated rings. The third kappa shape index (κ3) is 11.2. The highest BCUT2D eigenvalue weighted by Gasteiger charge is 2.39. The molecule has 0 amide bonds. The van der Waals surface area contributed by atoms with E-state index in [0.29, 0.717) is 12.1 Å². The van der Waals surface area contributed by atoms with Crippen LogP contribution in [0.3, 0.4) is 0 Å². The lowest BCUT2D eigenvalue weighted by atomic mass is 10.0. The first-order chi connectivity index (χ1) is 16.9. The number of hydrogen-bond acceptors (Lipinski definition) is 6. The van der Waals surface area contributed by atoms with Gasteiger partial charge in [-0.25, -0.2) is 9.59 Å². The zero-order valence-corrected chi connectivity index (χ0v) is 20.6. The SMILES string of the molecule is Cc1cccc(CN2CC[C@@H](N(C)C)[C@@H]2Cc2cnn(C)c2)n1.O=C(O)C(F)(F)F.O=C(O)C(F)(F)F. The van der Waals surface area contributed by atoms with E-state index in [1.807, 2.05) is 17.9 Å². The molecular formula is C22H29F6N5O4. The average molecular weight is 541 g/mol. The summed E-state index contributed by atoms with van der Waals surface area (Å²) in [7, 11) is 6.36. The van der Waals surface area contributed by atoms with E-state index >= 15 is 0 Å². The summed E-state index contributed by atoms with van der Waals surface area (Å²) < 4.78 is 65.4. The summed E-state index contributed by atoms with van der Waals surface area (Å²) in [5, 5.41) is 18.6. The fourth-order valence-electron chi connectivity index (χ4n) is 3.68. The lowest BCUT2D eigenvalue weighted by Crippen LogP contribution is -2.43. The maximum absolute atomic E-state index is 10.6. The molecule has 9 nitrogen and oxygen atoms in total. The molecule has 0 saturated carbocycles. The highest BCUT2D eigenvalue weighted by molar-refractivity contribution is 5.73. The predicted molar refractivity (Wildman–Crippen MR) is 120 cm³/mol. The summed E-state index contributed by atoms with van der Waals surface area (Å²) in [6.07, 6.45) is -3.78. The number of nitrogens with zero attached hydrogens (tertiary/aromatic N) is 5. The van der Waals surface area contributed by atoms with Gasteiger partial charge in [-0.2, -0.15) is 31.4 Å². The Balaban J connectivity index is 0.000000404. The number of aryl methyl sites for hydroxylation is 2. The molecule has 1 saturated heterocycles. The Labute approximate surface area is 209 Å². The number of carboxylic acids is 2. The molecule has 208 valence electrons. The second-order valence-electron chi connectivity index (χ2n) is 8.46. The molecule has 0 spiro atoms. The normalized spacial score (nSPS) is 18.0. The summed E-state index contributed by atoms with van der Waals surface area (Å²) in [5.74, 6) is -5.51. The molecular weight excluding hydrogens is 512 g/mol. The Morgan fingerprint density at radius 3 is 2.03 bits per heavy atom. The van der Waals surface area contributed by atoms with Gasteiger partial charge in [0.05, 0.1) is 11.9 Å². The van der Waals surface area contributed by atoms with Crippen LogP contribution in [0, 0.1) is 6.92 Å². The molecule has 1 aliphatic heterocycles. The highest BCUT2D eigenvalue weighted by atomic mass is 19.4. The van der Waals surface area contributed by atoms with Gasteiger partial charge in [0, 0.05) is 44.1 Å². The molecule has 3 heterocycles. The van der Waals surface area contributed by atoms with Crippen LogP contribution in [0.4, 0.5) is 26.3 Å². The number of aromatic nitrogens is 3. The van der Waals surface area contributed by atoms with E-state index in [0.717, 1.165) is 25.2 Å². The first-order valence-corrected chi connectivity index (χ1v) is 10.8. The third-order valence-corrected chi connectivity index (χ3v) is 5.29. The van der Waals surface area contributed by atoms with E-state index in [-0.39, 0.29) is 0 Å². The van der Waals surface area contributed by atoms with Crippen molar-refractivity contribution in [1.82, 2.24) is 24.6 Å². The number of likely N-dealkylation sites (N-methyl/N-ethyl adjacent to an activating group) is 1. The molecule has 0 aliphatic carbocycles. The number of likely N-dealkylation sites (tertiary alicyclic amines) is 1. The molecule has 0 bridgehead atoms. The van der Waals surface area contributed by atoms with Gasteiger partial charge in [-0.3, -0.25) is 14.6 Å². The van der Waals surface area contributed by atoms with E-state index in [2.05, 4.69) is 65.3 Å². The van der Waals surface area contributed by atoms with Crippen molar-refractivity contribution in [3.05, 3.63) is 47.5 Å². The van der Waals surface area contributed by atoms with Gasteiger partial charge >= 0.3 is 24.3 Å². The van der Waals surface area contributed by atoms with Gasteiger partial charge in [0.25, 0.3) is 0 Å². The van der Waals surface area contributed by atoms with Crippen LogP contribution in [-0.2, 0) is 29.6 Å². The molecule has 2 aromatic heterocycles. The third-order valence-electron chi connectivity index (χ3n) is 5.29. The molecule has 2 aromatic rings. The Morgan fingerprint density at radius 1 is 1.08 bits per heavy atom. The van der Waals surface area contributed by atoms with E-state index in [9.17, 15) is 26.3 Å². The van der Waals surface area contributed by atoms with Crippen LogP contribution >= 0.6 is 0 Å². The van der Waals surface area contributed by atoms with Crippen LogP contribution in [0.5, 0.6) is 0 Å². The summed E-state index contributed by atoms with van der Waals surface area (Å²) in [5.41, 5.74) is 3.57. The van der Waals surface area contributed by atoms with Gasteiger partial charge in [-0.15, -0.1) is 0 Å². The number of alkyl halides is 6. The fraction of sp³-hybridized carbons (Fsp3) is 0.545. The van der Waals surface area contributed by atoms with Crippen molar-refractivity contribution >= 4 is 11.9 Å². The van der Waals surface area contributed by atoms with E-state index < -0.39 is 24.3 Å². The summed E-state index contributed by atoms with van der Waals surface area (Å²) in [6, 6.07) is 7.39. The van der Waals surface area contributed by atoms with Gasteiger partial charge in [-0.05, 0) is 51.6 Å². The van der Waals surface area contributed by atoms with Gasteiger partial charge in [0.2, 0.25) is 0 Å². The molecule has 3 rings (SSSR count). The number of aliphatic carboxylic acids is 2. The number of halogens is 6. The van der Waals surface area contributed by atoms with Crippen molar-refractivity contribution in [3.63, 3.8) is 0 Å². The van der Waals surface area contributed by atoms with Crippen LogP contribution in [0.15, 0.2) is 30.6 Å².